The number of carbonyl (C=O) groups is 3. The number of allylic oxidation sites excluding steroid dienone is 1. The Morgan fingerprint density at radius 1 is 1.26 bits per heavy atom. The van der Waals surface area contributed by atoms with Crippen molar-refractivity contribution in [3.05, 3.63) is 48.6 Å². The summed E-state index contributed by atoms with van der Waals surface area (Å²) in [5.74, 6) is -0.745. The Balaban J connectivity index is 1.95. The van der Waals surface area contributed by atoms with E-state index in [0.717, 1.165) is 31.2 Å². The van der Waals surface area contributed by atoms with Crippen LogP contribution >= 0.6 is 0 Å². The Hall–Kier alpha value is -2.63. The maximum atomic E-state index is 12.8. The first-order chi connectivity index (χ1) is 15.1. The molecular weight excluding hydrogens is 394 g/mol. The monoisotopic (exact) mass is 429 g/mol. The molecule has 6 heteroatoms. The molecule has 170 valence electrons. The number of rotatable bonds is 16. The van der Waals surface area contributed by atoms with Gasteiger partial charge in [-0.3, -0.25) is 9.59 Å². The van der Waals surface area contributed by atoms with Crippen LogP contribution in [0.3, 0.4) is 0 Å². The Morgan fingerprint density at radius 3 is 2.68 bits per heavy atom. The van der Waals surface area contributed by atoms with Gasteiger partial charge in [-0.2, -0.15) is 0 Å². The van der Waals surface area contributed by atoms with E-state index in [-0.39, 0.29) is 18.0 Å². The predicted molar refractivity (Wildman–Crippen MR) is 119 cm³/mol. The second kappa shape index (κ2) is 13.6. The van der Waals surface area contributed by atoms with Crippen molar-refractivity contribution in [2.45, 2.75) is 83.0 Å². The minimum Gasteiger partial charge on any atom is -0.461 e. The van der Waals surface area contributed by atoms with Crippen LogP contribution < -0.4 is 5.32 Å². The number of benzene rings is 1. The number of hydrogen-bond acceptors (Lipinski definition) is 5. The zero-order valence-electron chi connectivity index (χ0n) is 18.5. The van der Waals surface area contributed by atoms with Crippen LogP contribution in [0.15, 0.2) is 43.0 Å². The summed E-state index contributed by atoms with van der Waals surface area (Å²) in [5.41, 5.74) is 0.932. The van der Waals surface area contributed by atoms with Crippen LogP contribution in [0.1, 0.15) is 63.9 Å². The van der Waals surface area contributed by atoms with E-state index >= 15 is 0 Å². The fraction of sp³-hybridized carbons (Fsp3) is 0.560. The van der Waals surface area contributed by atoms with Crippen molar-refractivity contribution >= 4 is 18.3 Å². The van der Waals surface area contributed by atoms with Gasteiger partial charge in [-0.15, -0.1) is 6.58 Å². The van der Waals surface area contributed by atoms with Crippen LogP contribution in [0, 0.1) is 5.92 Å². The molecule has 31 heavy (non-hydrogen) atoms. The van der Waals surface area contributed by atoms with Crippen molar-refractivity contribution in [3.63, 3.8) is 0 Å². The first kappa shape index (κ1) is 24.6. The maximum absolute atomic E-state index is 12.8. The normalized spacial score (nSPS) is 19.5. The lowest BCUT2D eigenvalue weighted by Crippen LogP contribution is -2.48. The lowest BCUT2D eigenvalue weighted by atomic mass is 9.86. The van der Waals surface area contributed by atoms with Crippen molar-refractivity contribution in [3.8, 4) is 0 Å². The van der Waals surface area contributed by atoms with Gasteiger partial charge in [0.25, 0.3) is 0 Å². The molecule has 0 bridgehead atoms. The third kappa shape index (κ3) is 8.19. The Kier molecular flexibility index (Phi) is 10.8. The molecule has 2 rings (SSSR count). The maximum Gasteiger partial charge on any atom is 0.329 e. The van der Waals surface area contributed by atoms with Gasteiger partial charge < -0.3 is 14.8 Å². The van der Waals surface area contributed by atoms with Crippen molar-refractivity contribution < 1.29 is 23.9 Å². The first-order valence-corrected chi connectivity index (χ1v) is 11.3. The molecule has 6 nitrogen and oxygen atoms in total. The van der Waals surface area contributed by atoms with Gasteiger partial charge in [0, 0.05) is 12.8 Å². The summed E-state index contributed by atoms with van der Waals surface area (Å²) in [6.45, 7) is 5.90. The molecule has 1 aromatic carbocycles. The Labute approximate surface area is 185 Å². The van der Waals surface area contributed by atoms with Crippen LogP contribution in [0.5, 0.6) is 0 Å². The molecular formula is C25H35NO5. The number of esters is 2. The number of hydrogen-bond donors (Lipinski definition) is 1. The van der Waals surface area contributed by atoms with E-state index in [9.17, 15) is 14.4 Å². The molecule has 1 aliphatic rings. The number of cyclic esters (lactones) is 1. The van der Waals surface area contributed by atoms with Crippen molar-refractivity contribution in [2.75, 3.05) is 0 Å². The predicted octanol–water partition coefficient (Wildman–Crippen LogP) is 4.12. The summed E-state index contributed by atoms with van der Waals surface area (Å²) in [4.78, 5) is 35.8. The summed E-state index contributed by atoms with van der Waals surface area (Å²) in [6.07, 6.45) is 9.05. The van der Waals surface area contributed by atoms with Gasteiger partial charge in [0.2, 0.25) is 6.41 Å². The van der Waals surface area contributed by atoms with Crippen molar-refractivity contribution in [1.29, 1.82) is 0 Å². The zero-order chi connectivity index (χ0) is 22.5. The molecule has 1 N–H and O–H groups in total. The highest BCUT2D eigenvalue weighted by Gasteiger charge is 2.43. The highest BCUT2D eigenvalue weighted by Crippen LogP contribution is 2.32. The molecule has 0 saturated carbocycles. The summed E-state index contributed by atoms with van der Waals surface area (Å²) in [6, 6.07) is 8.71. The molecule has 1 aliphatic heterocycles. The van der Waals surface area contributed by atoms with Crippen LogP contribution in [0.4, 0.5) is 0 Å². The average Bonchev–Trinajstić information content (AvgIpc) is 2.77. The molecule has 0 aliphatic carbocycles. The van der Waals surface area contributed by atoms with Gasteiger partial charge in [-0.05, 0) is 24.8 Å². The summed E-state index contributed by atoms with van der Waals surface area (Å²) in [7, 11) is 0. The summed E-state index contributed by atoms with van der Waals surface area (Å²) in [5, 5.41) is 2.57. The van der Waals surface area contributed by atoms with E-state index in [4.69, 9.17) is 9.47 Å². The third-order valence-electron chi connectivity index (χ3n) is 5.69. The minimum atomic E-state index is -0.764. The number of nitrogens with one attached hydrogen (secondary N) is 1. The van der Waals surface area contributed by atoms with E-state index in [1.807, 2.05) is 30.3 Å². The van der Waals surface area contributed by atoms with Crippen LogP contribution in [-0.4, -0.2) is 36.6 Å². The van der Waals surface area contributed by atoms with Gasteiger partial charge >= 0.3 is 11.9 Å². The molecule has 0 spiro atoms. The van der Waals surface area contributed by atoms with E-state index in [1.54, 1.807) is 6.08 Å². The molecule has 1 saturated heterocycles. The molecule has 0 radical (unpaired) electrons. The topological polar surface area (TPSA) is 81.7 Å². The molecule has 4 atom stereocenters. The molecule has 1 aromatic rings. The minimum absolute atomic E-state index is 0.116. The average molecular weight is 430 g/mol. The molecule has 1 amide bonds. The summed E-state index contributed by atoms with van der Waals surface area (Å²) >= 11 is 0. The smallest absolute Gasteiger partial charge is 0.329 e. The fourth-order valence-electron chi connectivity index (χ4n) is 3.88. The molecule has 1 unspecified atom stereocenters. The summed E-state index contributed by atoms with van der Waals surface area (Å²) < 4.78 is 11.1. The van der Waals surface area contributed by atoms with Gasteiger partial charge in [0.05, 0.1) is 5.92 Å². The van der Waals surface area contributed by atoms with E-state index in [0.29, 0.717) is 32.1 Å². The number of carbonyl (C=O) groups excluding carboxylic acids is 3. The van der Waals surface area contributed by atoms with Crippen molar-refractivity contribution in [1.82, 2.24) is 5.32 Å². The third-order valence-corrected chi connectivity index (χ3v) is 5.69. The standard InChI is InChI=1S/C25H35NO5/c1-3-5-7-11-15-21-23(31-24(21)28)17-20(14-6-4-2)30-25(29)22(26-18-27)16-19-12-9-8-10-13-19/h4,8-10,12-13,18,20-23H,2-3,5-7,11,14-17H2,1H3,(H,26,27)/t20?,21-,22-,23-/m0/s1. The number of unbranched alkanes of at least 4 members (excludes halogenated alkanes) is 3. The van der Waals surface area contributed by atoms with Crippen LogP contribution in [0.2, 0.25) is 0 Å². The van der Waals surface area contributed by atoms with E-state index < -0.39 is 18.1 Å². The molecule has 0 aromatic heterocycles. The lowest BCUT2D eigenvalue weighted by Gasteiger charge is -2.37. The quantitative estimate of drug-likeness (QED) is 0.185. The second-order valence-corrected chi connectivity index (χ2v) is 8.12. The second-order valence-electron chi connectivity index (χ2n) is 8.12. The molecule has 1 fully saturated rings. The van der Waals surface area contributed by atoms with E-state index in [1.165, 1.54) is 6.42 Å². The van der Waals surface area contributed by atoms with Gasteiger partial charge in [-0.25, -0.2) is 4.79 Å². The number of ether oxygens (including phenoxy) is 2. The first-order valence-electron chi connectivity index (χ1n) is 11.3. The van der Waals surface area contributed by atoms with Crippen molar-refractivity contribution in [2.24, 2.45) is 5.92 Å². The lowest BCUT2D eigenvalue weighted by molar-refractivity contribution is -0.190. The van der Waals surface area contributed by atoms with Crippen LogP contribution in [-0.2, 0) is 30.3 Å². The van der Waals surface area contributed by atoms with Gasteiger partial charge in [0.1, 0.15) is 18.2 Å². The Bertz CT molecular complexity index is 705. The van der Waals surface area contributed by atoms with Crippen LogP contribution in [0.25, 0.3) is 0 Å². The Morgan fingerprint density at radius 2 is 2.03 bits per heavy atom. The largest absolute Gasteiger partial charge is 0.461 e. The van der Waals surface area contributed by atoms with E-state index in [2.05, 4.69) is 18.8 Å². The fourth-order valence-corrected chi connectivity index (χ4v) is 3.88. The highest BCUT2D eigenvalue weighted by atomic mass is 16.6. The SMILES string of the molecule is C=CCCC(C[C@@H]1OC(=O)[C@H]1CCCCCC)OC(=O)[C@H](Cc1ccccc1)NC=O. The molecule has 1 heterocycles. The number of amides is 1. The highest BCUT2D eigenvalue weighted by molar-refractivity contribution is 5.79. The van der Waals surface area contributed by atoms with Gasteiger partial charge in [-0.1, -0.05) is 69.0 Å². The van der Waals surface area contributed by atoms with Gasteiger partial charge in [0.15, 0.2) is 0 Å². The zero-order valence-corrected chi connectivity index (χ0v) is 18.5.